The van der Waals surface area contributed by atoms with E-state index in [2.05, 4.69) is 15.8 Å². The molecule has 0 aliphatic carbocycles. The summed E-state index contributed by atoms with van der Waals surface area (Å²) in [6, 6.07) is 3.64. The van der Waals surface area contributed by atoms with E-state index in [1.807, 2.05) is 19.1 Å². The van der Waals surface area contributed by atoms with Crippen LogP contribution in [0.4, 0.5) is 5.69 Å². The minimum absolute atomic E-state index is 0.0146. The molecule has 1 aromatic carbocycles. The van der Waals surface area contributed by atoms with Gasteiger partial charge in [0.15, 0.2) is 12.4 Å². The van der Waals surface area contributed by atoms with Crippen molar-refractivity contribution in [2.45, 2.75) is 25.8 Å². The summed E-state index contributed by atoms with van der Waals surface area (Å²) in [5, 5.41) is 7.07. The Balaban J connectivity index is 2.00. The Morgan fingerprint density at radius 2 is 2.30 bits per heavy atom. The molecule has 0 radical (unpaired) electrons. The van der Waals surface area contributed by atoms with E-state index in [9.17, 15) is 9.59 Å². The fourth-order valence-electron chi connectivity index (χ4n) is 2.43. The molecule has 0 aromatic heterocycles. The maximum Gasteiger partial charge on any atom is 0.262 e. The van der Waals surface area contributed by atoms with Crippen LogP contribution in [-0.4, -0.2) is 30.6 Å². The third kappa shape index (κ3) is 2.24. The van der Waals surface area contributed by atoms with E-state index in [0.717, 1.165) is 23.1 Å². The molecule has 6 nitrogen and oxygen atoms in total. The fourth-order valence-corrected chi connectivity index (χ4v) is 2.43. The van der Waals surface area contributed by atoms with E-state index >= 15 is 0 Å². The molecule has 2 heterocycles. The number of amides is 1. The number of fused-ring (bicyclic) bond motifs is 1. The fraction of sp³-hybridized carbons (Fsp3) is 0.357. The lowest BCUT2D eigenvalue weighted by Gasteiger charge is -2.24. The normalized spacial score (nSPS) is 20.9. The number of hydrogen-bond donors (Lipinski definition) is 2. The average molecular weight is 273 g/mol. The standard InChI is InChI=1S/C14H15N3O3/c1-8-4-10(11-3-2-9(6-18)16-17-11)14-12(5-8)15-13(19)7-20-14/h4-6,9,16H,2-3,7H2,1H3,(H,15,19). The minimum atomic E-state index is -0.222. The van der Waals surface area contributed by atoms with Crippen molar-refractivity contribution in [1.82, 2.24) is 5.43 Å². The molecular formula is C14H15N3O3. The molecule has 3 rings (SSSR count). The molecule has 1 aromatic rings. The second-order valence-electron chi connectivity index (χ2n) is 4.99. The van der Waals surface area contributed by atoms with Gasteiger partial charge in [-0.1, -0.05) is 0 Å². The summed E-state index contributed by atoms with van der Waals surface area (Å²) in [7, 11) is 0. The summed E-state index contributed by atoms with van der Waals surface area (Å²) >= 11 is 0. The van der Waals surface area contributed by atoms with Crippen LogP contribution in [0.5, 0.6) is 5.75 Å². The first-order valence-corrected chi connectivity index (χ1v) is 6.52. The molecule has 0 saturated heterocycles. The van der Waals surface area contributed by atoms with Crippen molar-refractivity contribution in [3.8, 4) is 5.75 Å². The van der Waals surface area contributed by atoms with Crippen molar-refractivity contribution >= 4 is 23.6 Å². The third-order valence-electron chi connectivity index (χ3n) is 3.39. The minimum Gasteiger partial charge on any atom is -0.481 e. The van der Waals surface area contributed by atoms with E-state index in [-0.39, 0.29) is 18.6 Å². The molecule has 1 amide bonds. The van der Waals surface area contributed by atoms with Crippen molar-refractivity contribution in [2.75, 3.05) is 11.9 Å². The number of nitrogens with one attached hydrogen (secondary N) is 2. The largest absolute Gasteiger partial charge is 0.481 e. The summed E-state index contributed by atoms with van der Waals surface area (Å²) in [4.78, 5) is 22.1. The second kappa shape index (κ2) is 4.96. The first-order chi connectivity index (χ1) is 9.67. The van der Waals surface area contributed by atoms with Gasteiger partial charge in [-0.2, -0.15) is 5.10 Å². The lowest BCUT2D eigenvalue weighted by Crippen LogP contribution is -2.33. The van der Waals surface area contributed by atoms with Gasteiger partial charge >= 0.3 is 0 Å². The topological polar surface area (TPSA) is 79.8 Å². The Hall–Kier alpha value is -2.37. The van der Waals surface area contributed by atoms with Gasteiger partial charge in [0.2, 0.25) is 0 Å². The molecule has 0 fully saturated rings. The monoisotopic (exact) mass is 273 g/mol. The molecule has 2 aliphatic heterocycles. The van der Waals surface area contributed by atoms with Gasteiger partial charge in [0.1, 0.15) is 6.29 Å². The Kier molecular flexibility index (Phi) is 3.14. The van der Waals surface area contributed by atoms with Crippen LogP contribution in [0.15, 0.2) is 17.2 Å². The summed E-state index contributed by atoms with van der Waals surface area (Å²) in [5.74, 6) is 0.499. The highest BCUT2D eigenvalue weighted by Gasteiger charge is 2.24. The molecule has 0 bridgehead atoms. The van der Waals surface area contributed by atoms with Crippen LogP contribution >= 0.6 is 0 Å². The van der Waals surface area contributed by atoms with E-state index < -0.39 is 0 Å². The lowest BCUT2D eigenvalue weighted by molar-refractivity contribution is -0.118. The number of rotatable bonds is 2. The Morgan fingerprint density at radius 3 is 3.00 bits per heavy atom. The molecule has 1 atom stereocenters. The maximum absolute atomic E-state index is 11.4. The molecular weight excluding hydrogens is 258 g/mol. The lowest BCUT2D eigenvalue weighted by atomic mass is 9.98. The summed E-state index contributed by atoms with van der Waals surface area (Å²) in [5.41, 5.74) is 6.24. The van der Waals surface area contributed by atoms with Crippen LogP contribution in [0.2, 0.25) is 0 Å². The van der Waals surface area contributed by atoms with E-state index in [0.29, 0.717) is 24.3 Å². The number of aldehydes is 1. The van der Waals surface area contributed by atoms with Crippen molar-refractivity contribution in [1.29, 1.82) is 0 Å². The molecule has 2 N–H and O–H groups in total. The van der Waals surface area contributed by atoms with Gasteiger partial charge in [-0.3, -0.25) is 10.2 Å². The van der Waals surface area contributed by atoms with Gasteiger partial charge in [0.05, 0.1) is 17.4 Å². The molecule has 6 heteroatoms. The summed E-state index contributed by atoms with van der Waals surface area (Å²) < 4.78 is 5.54. The number of anilines is 1. The van der Waals surface area contributed by atoms with Crippen LogP contribution in [-0.2, 0) is 9.59 Å². The number of nitrogens with zero attached hydrogens (tertiary/aromatic N) is 1. The molecule has 20 heavy (non-hydrogen) atoms. The van der Waals surface area contributed by atoms with Crippen LogP contribution in [0.25, 0.3) is 0 Å². The number of aryl methyl sites for hydroxylation is 1. The van der Waals surface area contributed by atoms with Crippen molar-refractivity contribution in [3.63, 3.8) is 0 Å². The van der Waals surface area contributed by atoms with Crippen LogP contribution in [0, 0.1) is 6.92 Å². The Bertz CT molecular complexity index is 610. The first-order valence-electron chi connectivity index (χ1n) is 6.52. The number of carbonyl (C=O) groups excluding carboxylic acids is 2. The van der Waals surface area contributed by atoms with Gasteiger partial charge < -0.3 is 14.8 Å². The van der Waals surface area contributed by atoms with Gasteiger partial charge in [-0.15, -0.1) is 0 Å². The highest BCUT2D eigenvalue weighted by molar-refractivity contribution is 6.07. The van der Waals surface area contributed by atoms with Gasteiger partial charge in [-0.25, -0.2) is 0 Å². The van der Waals surface area contributed by atoms with Crippen LogP contribution in [0.1, 0.15) is 24.0 Å². The Morgan fingerprint density at radius 1 is 1.45 bits per heavy atom. The SMILES string of the molecule is Cc1cc2c(c(C3=NNC(C=O)CC3)c1)OCC(=O)N2. The number of hydrazone groups is 1. The Labute approximate surface area is 116 Å². The summed E-state index contributed by atoms with van der Waals surface area (Å²) in [6.07, 6.45) is 2.27. The molecule has 2 aliphatic rings. The zero-order valence-electron chi connectivity index (χ0n) is 11.1. The van der Waals surface area contributed by atoms with Crippen LogP contribution in [0.3, 0.4) is 0 Å². The van der Waals surface area contributed by atoms with Crippen LogP contribution < -0.4 is 15.5 Å². The maximum atomic E-state index is 11.4. The van der Waals surface area contributed by atoms with Crippen molar-refractivity contribution in [3.05, 3.63) is 23.3 Å². The smallest absolute Gasteiger partial charge is 0.262 e. The molecule has 104 valence electrons. The van der Waals surface area contributed by atoms with E-state index in [1.165, 1.54) is 0 Å². The van der Waals surface area contributed by atoms with Crippen molar-refractivity contribution < 1.29 is 14.3 Å². The number of hydrogen-bond acceptors (Lipinski definition) is 5. The number of ether oxygens (including phenoxy) is 1. The summed E-state index contributed by atoms with van der Waals surface area (Å²) in [6.45, 7) is 1.97. The predicted octanol–water partition coefficient (Wildman–Crippen LogP) is 0.981. The highest BCUT2D eigenvalue weighted by atomic mass is 16.5. The highest BCUT2D eigenvalue weighted by Crippen LogP contribution is 2.34. The van der Waals surface area contributed by atoms with E-state index in [1.54, 1.807) is 0 Å². The van der Waals surface area contributed by atoms with Gasteiger partial charge in [-0.05, 0) is 37.5 Å². The zero-order valence-corrected chi connectivity index (χ0v) is 11.1. The second-order valence-corrected chi connectivity index (χ2v) is 4.99. The average Bonchev–Trinajstić information content (AvgIpc) is 2.46. The number of benzene rings is 1. The predicted molar refractivity (Wildman–Crippen MR) is 74.1 cm³/mol. The third-order valence-corrected chi connectivity index (χ3v) is 3.39. The molecule has 0 spiro atoms. The quantitative estimate of drug-likeness (QED) is 0.787. The van der Waals surface area contributed by atoms with Gasteiger partial charge in [0.25, 0.3) is 5.91 Å². The van der Waals surface area contributed by atoms with Gasteiger partial charge in [0, 0.05) is 5.56 Å². The zero-order chi connectivity index (χ0) is 14.1. The molecule has 0 saturated carbocycles. The number of carbonyl (C=O) groups is 2. The molecule has 1 unspecified atom stereocenters. The first kappa shape index (κ1) is 12.7. The van der Waals surface area contributed by atoms with Crippen molar-refractivity contribution in [2.24, 2.45) is 5.10 Å². The van der Waals surface area contributed by atoms with E-state index in [4.69, 9.17) is 4.74 Å².